The summed E-state index contributed by atoms with van der Waals surface area (Å²) < 4.78 is 30.6. The van der Waals surface area contributed by atoms with Crippen molar-refractivity contribution in [3.05, 3.63) is 63.6 Å². The number of hydrogen-bond donors (Lipinski definition) is 1. The molecule has 0 spiro atoms. The fraction of sp³-hybridized carbons (Fsp3) is 0.400. The van der Waals surface area contributed by atoms with Crippen LogP contribution in [0.15, 0.2) is 42.5 Å². The van der Waals surface area contributed by atoms with E-state index in [2.05, 4.69) is 10.2 Å². The van der Waals surface area contributed by atoms with Gasteiger partial charge in [0, 0.05) is 23.5 Å². The Morgan fingerprint density at radius 1 is 1.21 bits per heavy atom. The second-order valence-electron chi connectivity index (χ2n) is 9.37. The van der Waals surface area contributed by atoms with Gasteiger partial charge < -0.3 is 9.84 Å². The maximum absolute atomic E-state index is 13.0. The van der Waals surface area contributed by atoms with Crippen LogP contribution in [-0.2, 0) is 16.3 Å². The van der Waals surface area contributed by atoms with Crippen molar-refractivity contribution in [1.29, 1.82) is 0 Å². The monoisotopic (exact) mass is 498 g/mol. The van der Waals surface area contributed by atoms with Crippen LogP contribution >= 0.6 is 11.3 Å². The number of carbonyl (C=O) groups excluding carboxylic acids is 1. The van der Waals surface area contributed by atoms with E-state index < -0.39 is 32.2 Å². The average Bonchev–Trinajstić information content (AvgIpc) is 3.45. The molecule has 0 saturated heterocycles. The highest BCUT2D eigenvalue weighted by Gasteiger charge is 2.50. The molecule has 7 nitrogen and oxygen atoms in total. The molecule has 2 atom stereocenters. The molecule has 1 aliphatic heterocycles. The number of ketones is 1. The molecule has 1 fully saturated rings. The van der Waals surface area contributed by atoms with Crippen LogP contribution in [0.1, 0.15) is 51.8 Å². The molecule has 1 saturated carbocycles. The highest BCUT2D eigenvalue weighted by molar-refractivity contribution is 7.93. The van der Waals surface area contributed by atoms with E-state index in [0.717, 1.165) is 15.6 Å². The van der Waals surface area contributed by atoms with Gasteiger partial charge in [-0.2, -0.15) is 0 Å². The van der Waals surface area contributed by atoms with Crippen molar-refractivity contribution in [2.24, 2.45) is 5.92 Å². The number of nitrogens with zero attached hydrogens (tertiary/aromatic N) is 2. The molecule has 3 aromatic rings. The van der Waals surface area contributed by atoms with Crippen molar-refractivity contribution in [3.63, 3.8) is 0 Å². The summed E-state index contributed by atoms with van der Waals surface area (Å²) in [6.45, 7) is 3.94. The van der Waals surface area contributed by atoms with Crippen molar-refractivity contribution in [1.82, 2.24) is 10.2 Å². The number of benzene rings is 2. The van der Waals surface area contributed by atoms with E-state index in [1.54, 1.807) is 25.1 Å². The molecular weight excluding hydrogens is 472 g/mol. The Morgan fingerprint density at radius 2 is 1.97 bits per heavy atom. The normalized spacial score (nSPS) is 20.9. The van der Waals surface area contributed by atoms with Gasteiger partial charge in [0.2, 0.25) is 0 Å². The number of rotatable bonds is 7. The standard InChI is InChI=1S/C25H26N2O5S2/c1-15-26-27-23(33-15)12-17-13-32-22-11-16(7-8-20(22)24(17)29)18-5-3-4-6-19(18)21(28)14-34(30,31)25(2)9-10-25/h3-8,11,17,24,29H,9-10,12-14H2,1-2H3/t17-,24+/m0/s1. The Kier molecular flexibility index (Phi) is 5.82. The maximum atomic E-state index is 13.0. The molecule has 178 valence electrons. The van der Waals surface area contributed by atoms with Gasteiger partial charge in [-0.05, 0) is 43.9 Å². The fourth-order valence-corrected chi connectivity index (χ4v) is 6.69. The van der Waals surface area contributed by atoms with Gasteiger partial charge in [0.05, 0.1) is 17.5 Å². The summed E-state index contributed by atoms with van der Waals surface area (Å²) in [5, 5.41) is 20.9. The quantitative estimate of drug-likeness (QED) is 0.492. The SMILES string of the molecule is Cc1nnc(C[C@H]2COc3cc(-c4ccccc4C(=O)CS(=O)(=O)C4(C)CC4)ccc3[C@@H]2O)s1. The van der Waals surface area contributed by atoms with Crippen molar-refractivity contribution in [2.45, 2.75) is 44.0 Å². The summed E-state index contributed by atoms with van der Waals surface area (Å²) in [7, 11) is -3.50. The van der Waals surface area contributed by atoms with Crippen LogP contribution in [0.4, 0.5) is 0 Å². The van der Waals surface area contributed by atoms with E-state index in [0.29, 0.717) is 48.3 Å². The number of ether oxygens (including phenoxy) is 1. The number of aliphatic hydroxyl groups excluding tert-OH is 1. The van der Waals surface area contributed by atoms with Gasteiger partial charge in [0.25, 0.3) is 0 Å². The maximum Gasteiger partial charge on any atom is 0.178 e. The Bertz CT molecular complexity index is 1360. The molecule has 0 amide bonds. The second kappa shape index (κ2) is 8.55. The van der Waals surface area contributed by atoms with Crippen molar-refractivity contribution in [2.75, 3.05) is 12.4 Å². The molecule has 1 aromatic heterocycles. The topological polar surface area (TPSA) is 106 Å². The Labute approximate surface area is 202 Å². The van der Waals surface area contributed by atoms with Crippen LogP contribution in [0.25, 0.3) is 11.1 Å². The third-order valence-corrected chi connectivity index (χ3v) is 10.2. The minimum atomic E-state index is -3.50. The number of sulfone groups is 1. The minimum Gasteiger partial charge on any atom is -0.493 e. The number of Topliss-reactive ketones (excluding diaryl/α,β-unsaturated/α-hetero) is 1. The summed E-state index contributed by atoms with van der Waals surface area (Å²) in [6, 6.07) is 12.5. The first-order chi connectivity index (χ1) is 16.2. The molecule has 34 heavy (non-hydrogen) atoms. The predicted octanol–water partition coefficient (Wildman–Crippen LogP) is 3.95. The highest BCUT2D eigenvalue weighted by Crippen LogP contribution is 2.44. The third-order valence-electron chi connectivity index (χ3n) is 6.80. The van der Waals surface area contributed by atoms with Crippen LogP contribution < -0.4 is 4.74 Å². The molecule has 2 heterocycles. The van der Waals surface area contributed by atoms with E-state index in [1.165, 1.54) is 11.3 Å². The Balaban J connectivity index is 1.40. The van der Waals surface area contributed by atoms with Crippen LogP contribution in [0.2, 0.25) is 0 Å². The fourth-order valence-electron chi connectivity index (χ4n) is 4.32. The summed E-state index contributed by atoms with van der Waals surface area (Å²) in [4.78, 5) is 13.0. The van der Waals surface area contributed by atoms with Crippen LogP contribution in [0.5, 0.6) is 5.75 Å². The van der Waals surface area contributed by atoms with Crippen LogP contribution in [0, 0.1) is 12.8 Å². The van der Waals surface area contributed by atoms with E-state index >= 15 is 0 Å². The highest BCUT2D eigenvalue weighted by atomic mass is 32.2. The van der Waals surface area contributed by atoms with E-state index in [1.807, 2.05) is 31.2 Å². The molecule has 2 aliphatic rings. The van der Waals surface area contributed by atoms with Gasteiger partial charge in [-0.1, -0.05) is 36.4 Å². The minimum absolute atomic E-state index is 0.131. The first kappa shape index (κ1) is 23.1. The molecule has 9 heteroatoms. The smallest absolute Gasteiger partial charge is 0.178 e. The molecular formula is C25H26N2O5S2. The Hall–Kier alpha value is -2.62. The van der Waals surface area contributed by atoms with E-state index in [9.17, 15) is 18.3 Å². The predicted molar refractivity (Wildman–Crippen MR) is 130 cm³/mol. The van der Waals surface area contributed by atoms with Gasteiger partial charge in [-0.25, -0.2) is 8.42 Å². The first-order valence-corrected chi connectivity index (χ1v) is 13.7. The lowest BCUT2D eigenvalue weighted by Crippen LogP contribution is -2.28. The molecule has 2 aromatic carbocycles. The summed E-state index contributed by atoms with van der Waals surface area (Å²) in [5.74, 6) is -0.466. The third kappa shape index (κ3) is 4.28. The largest absolute Gasteiger partial charge is 0.493 e. The van der Waals surface area contributed by atoms with Crippen LogP contribution in [0.3, 0.4) is 0 Å². The molecule has 1 N–H and O–H groups in total. The first-order valence-electron chi connectivity index (χ1n) is 11.3. The zero-order valence-electron chi connectivity index (χ0n) is 19.0. The van der Waals surface area contributed by atoms with Crippen molar-refractivity contribution < 1.29 is 23.1 Å². The zero-order chi connectivity index (χ0) is 24.1. The Morgan fingerprint density at radius 3 is 2.68 bits per heavy atom. The van der Waals surface area contributed by atoms with Gasteiger partial charge in [-0.3, -0.25) is 4.79 Å². The molecule has 5 rings (SSSR count). The summed E-state index contributed by atoms with van der Waals surface area (Å²) in [6.07, 6.45) is 1.09. The molecule has 1 aliphatic carbocycles. The lowest BCUT2D eigenvalue weighted by molar-refractivity contribution is 0.0507. The average molecular weight is 499 g/mol. The van der Waals surface area contributed by atoms with Crippen LogP contribution in [-0.4, -0.2) is 46.6 Å². The van der Waals surface area contributed by atoms with Gasteiger partial charge in [0.1, 0.15) is 21.5 Å². The second-order valence-corrected chi connectivity index (χ2v) is 13.1. The van der Waals surface area contributed by atoms with Gasteiger partial charge >= 0.3 is 0 Å². The summed E-state index contributed by atoms with van der Waals surface area (Å²) in [5.41, 5.74) is 2.45. The molecule has 0 radical (unpaired) electrons. The molecule has 0 bridgehead atoms. The summed E-state index contributed by atoms with van der Waals surface area (Å²) >= 11 is 1.51. The van der Waals surface area contributed by atoms with E-state index in [-0.39, 0.29) is 5.92 Å². The zero-order valence-corrected chi connectivity index (χ0v) is 20.7. The van der Waals surface area contributed by atoms with Crippen molar-refractivity contribution >= 4 is 27.0 Å². The number of hydrogen-bond acceptors (Lipinski definition) is 8. The number of aliphatic hydroxyl groups is 1. The van der Waals surface area contributed by atoms with Gasteiger partial charge in [0.15, 0.2) is 15.6 Å². The number of fused-ring (bicyclic) bond motifs is 1. The molecule has 0 unspecified atom stereocenters. The number of aryl methyl sites for hydroxylation is 1. The number of carbonyl (C=O) groups is 1. The number of aromatic nitrogens is 2. The van der Waals surface area contributed by atoms with Gasteiger partial charge in [-0.15, -0.1) is 21.5 Å². The van der Waals surface area contributed by atoms with Crippen molar-refractivity contribution in [3.8, 4) is 16.9 Å². The lowest BCUT2D eigenvalue weighted by Gasteiger charge is -2.30. The van der Waals surface area contributed by atoms with E-state index in [4.69, 9.17) is 4.74 Å². The lowest BCUT2D eigenvalue weighted by atomic mass is 9.89.